The van der Waals surface area contributed by atoms with Crippen LogP contribution in [0.3, 0.4) is 0 Å². The molecule has 1 rings (SSSR count). The van der Waals surface area contributed by atoms with Gasteiger partial charge in [-0.1, -0.05) is 0 Å². The molecule has 4 N–H and O–H groups in total. The molecule has 0 saturated carbocycles. The third-order valence-electron chi connectivity index (χ3n) is 2.08. The Kier molecular flexibility index (Phi) is 5.72. The van der Waals surface area contributed by atoms with Crippen LogP contribution in [-0.2, 0) is 16.1 Å². The molecule has 1 aromatic rings. The summed E-state index contributed by atoms with van der Waals surface area (Å²) in [5, 5.41) is 4.87. The third kappa shape index (κ3) is 4.88. The fourth-order valence-electron chi connectivity index (χ4n) is 1.21. The number of aromatic nitrogens is 1. The maximum atomic E-state index is 13.2. The Morgan fingerprint density at radius 3 is 2.72 bits per heavy atom. The molecule has 0 saturated heterocycles. The van der Waals surface area contributed by atoms with Crippen molar-refractivity contribution in [2.75, 3.05) is 13.1 Å². The van der Waals surface area contributed by atoms with Gasteiger partial charge in [-0.2, -0.15) is 0 Å². The summed E-state index contributed by atoms with van der Waals surface area (Å²) in [5.74, 6) is -1.40. The van der Waals surface area contributed by atoms with Crippen LogP contribution in [0, 0.1) is 5.82 Å². The molecule has 0 radical (unpaired) electrons. The van der Waals surface area contributed by atoms with Gasteiger partial charge in [0.1, 0.15) is 12.2 Å². The number of pyridine rings is 1. The highest BCUT2D eigenvalue weighted by atomic mass is 19.1. The van der Waals surface area contributed by atoms with E-state index in [-0.39, 0.29) is 18.7 Å². The van der Waals surface area contributed by atoms with Crippen molar-refractivity contribution in [1.29, 1.82) is 0 Å². The van der Waals surface area contributed by atoms with E-state index in [4.69, 9.17) is 5.73 Å². The predicted molar refractivity (Wildman–Crippen MR) is 62.7 cm³/mol. The fraction of sp³-hybridized carbons (Fsp3) is 0.364. The van der Waals surface area contributed by atoms with Crippen LogP contribution in [0.25, 0.3) is 0 Å². The third-order valence-corrected chi connectivity index (χ3v) is 2.08. The Labute approximate surface area is 104 Å². The summed E-state index contributed by atoms with van der Waals surface area (Å²) in [7, 11) is 0. The van der Waals surface area contributed by atoms with Crippen molar-refractivity contribution in [3.63, 3.8) is 0 Å². The minimum atomic E-state index is -0.495. The quantitative estimate of drug-likeness (QED) is 0.585. The van der Waals surface area contributed by atoms with Crippen LogP contribution in [0.15, 0.2) is 18.3 Å². The Morgan fingerprint density at radius 2 is 2.06 bits per heavy atom. The second-order valence-electron chi connectivity index (χ2n) is 3.52. The molecule has 0 atom stereocenters. The molecule has 2 amide bonds. The Balaban J connectivity index is 2.33. The van der Waals surface area contributed by atoms with E-state index in [1.165, 1.54) is 18.3 Å². The number of halogens is 1. The maximum absolute atomic E-state index is 13.2. The first kappa shape index (κ1) is 14.0. The monoisotopic (exact) mass is 254 g/mol. The van der Waals surface area contributed by atoms with Crippen molar-refractivity contribution in [3.8, 4) is 0 Å². The normalized spacial score (nSPS) is 9.89. The SMILES string of the molecule is NCCNC(=O)CC(=O)NCc1ncccc1F. The number of nitrogens with one attached hydrogen (secondary N) is 2. The molecule has 0 fully saturated rings. The Bertz CT molecular complexity index is 425. The fourth-order valence-corrected chi connectivity index (χ4v) is 1.21. The lowest BCUT2D eigenvalue weighted by Gasteiger charge is -2.06. The molecule has 6 nitrogen and oxygen atoms in total. The Hall–Kier alpha value is -2.02. The highest BCUT2D eigenvalue weighted by molar-refractivity contribution is 5.96. The smallest absolute Gasteiger partial charge is 0.229 e. The molecule has 18 heavy (non-hydrogen) atoms. The van der Waals surface area contributed by atoms with Gasteiger partial charge in [0, 0.05) is 19.3 Å². The van der Waals surface area contributed by atoms with Crippen LogP contribution in [-0.4, -0.2) is 29.9 Å². The van der Waals surface area contributed by atoms with Gasteiger partial charge in [0.2, 0.25) is 11.8 Å². The van der Waals surface area contributed by atoms with E-state index in [0.29, 0.717) is 13.1 Å². The molecule has 0 aliphatic heterocycles. The van der Waals surface area contributed by atoms with Crippen LogP contribution >= 0.6 is 0 Å². The number of hydrogen-bond donors (Lipinski definition) is 3. The van der Waals surface area contributed by atoms with Gasteiger partial charge in [-0.15, -0.1) is 0 Å². The molecule has 1 heterocycles. The van der Waals surface area contributed by atoms with Gasteiger partial charge in [0.25, 0.3) is 0 Å². The van der Waals surface area contributed by atoms with E-state index in [1.54, 1.807) is 0 Å². The molecule has 0 aromatic carbocycles. The second-order valence-corrected chi connectivity index (χ2v) is 3.52. The van der Waals surface area contributed by atoms with Crippen molar-refractivity contribution in [3.05, 3.63) is 29.8 Å². The zero-order valence-corrected chi connectivity index (χ0v) is 9.78. The standard InChI is InChI=1S/C11H15FN4O2/c12-8-2-1-4-14-9(8)7-16-11(18)6-10(17)15-5-3-13/h1-2,4H,3,5-7,13H2,(H,15,17)(H,16,18). The van der Waals surface area contributed by atoms with Crippen LogP contribution in [0.4, 0.5) is 4.39 Å². The summed E-state index contributed by atoms with van der Waals surface area (Å²) in [4.78, 5) is 26.3. The topological polar surface area (TPSA) is 97.1 Å². The van der Waals surface area contributed by atoms with Gasteiger partial charge < -0.3 is 16.4 Å². The number of carbonyl (C=O) groups excluding carboxylic acids is 2. The van der Waals surface area contributed by atoms with Gasteiger partial charge in [-0.25, -0.2) is 4.39 Å². The molecule has 1 aromatic heterocycles. The lowest BCUT2D eigenvalue weighted by atomic mass is 10.3. The van der Waals surface area contributed by atoms with Crippen molar-refractivity contribution < 1.29 is 14.0 Å². The van der Waals surface area contributed by atoms with Gasteiger partial charge in [0.15, 0.2) is 0 Å². The first-order valence-corrected chi connectivity index (χ1v) is 5.46. The van der Waals surface area contributed by atoms with E-state index in [2.05, 4.69) is 15.6 Å². The van der Waals surface area contributed by atoms with Crippen molar-refractivity contribution >= 4 is 11.8 Å². The molecular weight excluding hydrogens is 239 g/mol. The molecule has 7 heteroatoms. The molecule has 0 spiro atoms. The number of carbonyl (C=O) groups is 2. The molecule has 0 bridgehead atoms. The predicted octanol–water partition coefficient (Wildman–Crippen LogP) is -0.698. The minimum Gasteiger partial charge on any atom is -0.354 e. The van der Waals surface area contributed by atoms with Crippen molar-refractivity contribution in [2.24, 2.45) is 5.73 Å². The van der Waals surface area contributed by atoms with E-state index < -0.39 is 17.6 Å². The average molecular weight is 254 g/mol. The number of nitrogens with two attached hydrogens (primary N) is 1. The summed E-state index contributed by atoms with van der Waals surface area (Å²) < 4.78 is 13.2. The molecular formula is C11H15FN4O2. The molecule has 0 aliphatic rings. The summed E-state index contributed by atoms with van der Waals surface area (Å²) in [6.07, 6.45) is 1.12. The molecule has 0 unspecified atom stereocenters. The average Bonchev–Trinajstić information content (AvgIpc) is 2.35. The van der Waals surface area contributed by atoms with Crippen LogP contribution < -0.4 is 16.4 Å². The van der Waals surface area contributed by atoms with E-state index >= 15 is 0 Å². The zero-order chi connectivity index (χ0) is 13.4. The first-order valence-electron chi connectivity index (χ1n) is 5.46. The lowest BCUT2D eigenvalue weighted by molar-refractivity contribution is -0.129. The van der Waals surface area contributed by atoms with Crippen molar-refractivity contribution in [1.82, 2.24) is 15.6 Å². The second kappa shape index (κ2) is 7.33. The number of hydrogen-bond acceptors (Lipinski definition) is 4. The number of amides is 2. The largest absolute Gasteiger partial charge is 0.354 e. The van der Waals surface area contributed by atoms with Crippen molar-refractivity contribution in [2.45, 2.75) is 13.0 Å². The zero-order valence-electron chi connectivity index (χ0n) is 9.78. The van der Waals surface area contributed by atoms with Crippen LogP contribution in [0.1, 0.15) is 12.1 Å². The summed E-state index contributed by atoms with van der Waals surface area (Å²) in [6, 6.07) is 2.71. The summed E-state index contributed by atoms with van der Waals surface area (Å²) >= 11 is 0. The summed E-state index contributed by atoms with van der Waals surface area (Å²) in [6.45, 7) is 0.586. The minimum absolute atomic E-state index is 0.0460. The Morgan fingerprint density at radius 1 is 1.33 bits per heavy atom. The van der Waals surface area contributed by atoms with Crippen LogP contribution in [0.5, 0.6) is 0 Å². The van der Waals surface area contributed by atoms with Gasteiger partial charge in [0.05, 0.1) is 12.2 Å². The molecule has 0 aliphatic carbocycles. The van der Waals surface area contributed by atoms with Gasteiger partial charge in [-0.3, -0.25) is 14.6 Å². The summed E-state index contributed by atoms with van der Waals surface area (Å²) in [5.41, 5.74) is 5.33. The van der Waals surface area contributed by atoms with Crippen LogP contribution in [0.2, 0.25) is 0 Å². The maximum Gasteiger partial charge on any atom is 0.229 e. The number of nitrogens with zero attached hydrogens (tertiary/aromatic N) is 1. The molecule has 98 valence electrons. The van der Waals surface area contributed by atoms with Gasteiger partial charge >= 0.3 is 0 Å². The van der Waals surface area contributed by atoms with E-state index in [1.807, 2.05) is 0 Å². The lowest BCUT2D eigenvalue weighted by Crippen LogP contribution is -2.34. The first-order chi connectivity index (χ1) is 8.63. The highest BCUT2D eigenvalue weighted by Crippen LogP contribution is 2.01. The van der Waals surface area contributed by atoms with E-state index in [9.17, 15) is 14.0 Å². The van der Waals surface area contributed by atoms with E-state index in [0.717, 1.165) is 0 Å². The van der Waals surface area contributed by atoms with Gasteiger partial charge in [-0.05, 0) is 12.1 Å². The highest BCUT2D eigenvalue weighted by Gasteiger charge is 2.09. The number of rotatable bonds is 6.